The molecule has 8 heteroatoms. The van der Waals surface area contributed by atoms with Gasteiger partial charge in [-0.1, -0.05) is 35.5 Å². The van der Waals surface area contributed by atoms with Gasteiger partial charge < -0.3 is 10.2 Å². The third-order valence-electron chi connectivity index (χ3n) is 5.23. The number of carbonyl (C=O) groups excluding carboxylic acids is 1. The van der Waals surface area contributed by atoms with E-state index in [9.17, 15) is 4.79 Å². The predicted octanol–water partition coefficient (Wildman–Crippen LogP) is 4.06. The van der Waals surface area contributed by atoms with E-state index in [0.717, 1.165) is 22.8 Å². The van der Waals surface area contributed by atoms with E-state index >= 15 is 0 Å². The summed E-state index contributed by atoms with van der Waals surface area (Å²) in [5.74, 6) is -0.0573. The lowest BCUT2D eigenvalue weighted by atomic mass is 9.98. The summed E-state index contributed by atoms with van der Waals surface area (Å²) < 4.78 is 0. The number of carbonyl (C=O) groups is 1. The van der Waals surface area contributed by atoms with E-state index in [0.29, 0.717) is 22.8 Å². The van der Waals surface area contributed by atoms with Gasteiger partial charge in [-0.2, -0.15) is 0 Å². The highest BCUT2D eigenvalue weighted by Gasteiger charge is 2.36. The Morgan fingerprint density at radius 3 is 2.48 bits per heavy atom. The van der Waals surface area contributed by atoms with Gasteiger partial charge >= 0.3 is 0 Å². The van der Waals surface area contributed by atoms with Crippen LogP contribution in [0.4, 0.5) is 0 Å². The van der Waals surface area contributed by atoms with Crippen LogP contribution in [0.2, 0.25) is 5.02 Å². The van der Waals surface area contributed by atoms with Crippen LogP contribution in [0.25, 0.3) is 0 Å². The number of hydrogen-bond acceptors (Lipinski definition) is 5. The molecule has 2 aliphatic rings. The van der Waals surface area contributed by atoms with Crippen molar-refractivity contribution in [1.82, 2.24) is 20.4 Å². The van der Waals surface area contributed by atoms with Gasteiger partial charge in [-0.3, -0.25) is 4.79 Å². The molecule has 2 saturated heterocycles. The minimum Gasteiger partial charge on any atom is -0.337 e. The molecule has 0 aliphatic carbocycles. The van der Waals surface area contributed by atoms with E-state index < -0.39 is 0 Å². The van der Waals surface area contributed by atoms with Crippen LogP contribution in [-0.4, -0.2) is 46.2 Å². The van der Waals surface area contributed by atoms with Crippen molar-refractivity contribution in [2.24, 2.45) is 0 Å². The summed E-state index contributed by atoms with van der Waals surface area (Å²) in [5, 5.41) is 13.4. The largest absolute Gasteiger partial charge is 0.337 e. The summed E-state index contributed by atoms with van der Waals surface area (Å²) in [6.07, 6.45) is 4.48. The van der Waals surface area contributed by atoms with Gasteiger partial charge in [-0.05, 0) is 49.9 Å². The fraction of sp³-hybridized carbons (Fsp3) is 0.421. The van der Waals surface area contributed by atoms with Gasteiger partial charge in [0.1, 0.15) is 5.03 Å². The number of aromatic nitrogens is 2. The zero-order valence-electron chi connectivity index (χ0n) is 15.0. The molecule has 0 spiro atoms. The molecular formula is C19H22Cl2N4OS. The minimum absolute atomic E-state index is 0. The Balaban J connectivity index is 0.00000210. The Bertz CT molecular complexity index is 793. The lowest BCUT2D eigenvalue weighted by Gasteiger charge is -2.35. The van der Waals surface area contributed by atoms with Crippen LogP contribution in [0.3, 0.4) is 0 Å². The van der Waals surface area contributed by atoms with Crippen LogP contribution in [0.1, 0.15) is 36.2 Å². The number of benzene rings is 1. The maximum absolute atomic E-state index is 12.8. The highest BCUT2D eigenvalue weighted by atomic mass is 35.5. The highest BCUT2D eigenvalue weighted by molar-refractivity contribution is 7.99. The van der Waals surface area contributed by atoms with E-state index in [1.54, 1.807) is 6.07 Å². The molecule has 0 radical (unpaired) electrons. The molecule has 2 unspecified atom stereocenters. The topological polar surface area (TPSA) is 58.1 Å². The van der Waals surface area contributed by atoms with E-state index in [1.807, 2.05) is 42.3 Å². The van der Waals surface area contributed by atoms with Crippen molar-refractivity contribution in [2.45, 2.75) is 53.7 Å². The van der Waals surface area contributed by atoms with Crippen molar-refractivity contribution in [1.29, 1.82) is 0 Å². The Labute approximate surface area is 174 Å². The zero-order chi connectivity index (χ0) is 18.1. The van der Waals surface area contributed by atoms with Crippen molar-refractivity contribution >= 4 is 41.7 Å². The summed E-state index contributed by atoms with van der Waals surface area (Å²) in [6.45, 7) is 0. The second-order valence-corrected chi connectivity index (χ2v) is 8.44. The number of amides is 1. The Morgan fingerprint density at radius 2 is 1.85 bits per heavy atom. The van der Waals surface area contributed by atoms with Gasteiger partial charge in [-0.25, -0.2) is 0 Å². The molecule has 1 amide bonds. The molecule has 144 valence electrons. The summed E-state index contributed by atoms with van der Waals surface area (Å²) in [7, 11) is 1.88. The number of rotatable bonds is 4. The summed E-state index contributed by atoms with van der Waals surface area (Å²) in [6, 6.07) is 12.6. The molecule has 2 bridgehead atoms. The molecule has 5 nitrogen and oxygen atoms in total. The van der Waals surface area contributed by atoms with Crippen molar-refractivity contribution in [3.05, 3.63) is 47.1 Å². The normalized spacial score (nSPS) is 23.6. The smallest absolute Gasteiger partial charge is 0.274 e. The monoisotopic (exact) mass is 424 g/mol. The zero-order valence-corrected chi connectivity index (χ0v) is 17.4. The molecule has 1 N–H and O–H groups in total. The first kappa shape index (κ1) is 20.4. The van der Waals surface area contributed by atoms with Gasteiger partial charge in [0.05, 0.1) is 5.02 Å². The Kier molecular flexibility index (Phi) is 6.63. The lowest BCUT2D eigenvalue weighted by Crippen LogP contribution is -2.48. The van der Waals surface area contributed by atoms with Crippen molar-refractivity contribution < 1.29 is 4.79 Å². The molecule has 0 saturated carbocycles. The fourth-order valence-electron chi connectivity index (χ4n) is 3.82. The standard InChI is InChI=1S/C19H21ClN4OS.ClH/c1-24(14-10-12-6-7-13(11-14)21-12)19(25)16-8-9-18(23-22-16)26-17-5-3-2-4-15(17)20;/h2-5,8-9,12-14,21H,6-7,10-11H2,1H3;1H. The van der Waals surface area contributed by atoms with Gasteiger partial charge in [0.15, 0.2) is 5.69 Å². The molecule has 3 heterocycles. The number of fused-ring (bicyclic) bond motifs is 2. The first-order valence-corrected chi connectivity index (χ1v) is 10.1. The minimum atomic E-state index is -0.0573. The second-order valence-electron chi connectivity index (χ2n) is 6.97. The molecule has 2 atom stereocenters. The quantitative estimate of drug-likeness (QED) is 0.801. The highest BCUT2D eigenvalue weighted by Crippen LogP contribution is 2.32. The first-order valence-electron chi connectivity index (χ1n) is 8.89. The third kappa shape index (κ3) is 4.57. The molecule has 1 aromatic carbocycles. The molecule has 4 rings (SSSR count). The van der Waals surface area contributed by atoms with Gasteiger partial charge in [0.2, 0.25) is 0 Å². The predicted molar refractivity (Wildman–Crippen MR) is 110 cm³/mol. The molecule has 2 aromatic rings. The van der Waals surface area contributed by atoms with E-state index in [2.05, 4.69) is 15.5 Å². The lowest BCUT2D eigenvalue weighted by molar-refractivity contribution is 0.0674. The van der Waals surface area contributed by atoms with Crippen LogP contribution >= 0.6 is 35.8 Å². The Morgan fingerprint density at radius 1 is 1.15 bits per heavy atom. The maximum Gasteiger partial charge on any atom is 0.274 e. The fourth-order valence-corrected chi connectivity index (χ4v) is 4.83. The van der Waals surface area contributed by atoms with Crippen LogP contribution in [-0.2, 0) is 0 Å². The van der Waals surface area contributed by atoms with Gasteiger partial charge in [0.25, 0.3) is 5.91 Å². The average molecular weight is 425 g/mol. The van der Waals surface area contributed by atoms with Crippen LogP contribution in [0.15, 0.2) is 46.3 Å². The Hall–Kier alpha value is -1.34. The summed E-state index contributed by atoms with van der Waals surface area (Å²) in [5.41, 5.74) is 0.391. The number of nitrogens with zero attached hydrogens (tertiary/aromatic N) is 3. The van der Waals surface area contributed by atoms with E-state index in [1.165, 1.54) is 24.6 Å². The molecule has 1 aromatic heterocycles. The van der Waals surface area contributed by atoms with E-state index in [4.69, 9.17) is 11.6 Å². The molecule has 2 aliphatic heterocycles. The summed E-state index contributed by atoms with van der Waals surface area (Å²) in [4.78, 5) is 15.5. The van der Waals surface area contributed by atoms with Crippen molar-refractivity contribution in [3.8, 4) is 0 Å². The first-order chi connectivity index (χ1) is 12.6. The van der Waals surface area contributed by atoms with E-state index in [-0.39, 0.29) is 24.4 Å². The molecule has 2 fully saturated rings. The van der Waals surface area contributed by atoms with Crippen LogP contribution < -0.4 is 5.32 Å². The molecule has 27 heavy (non-hydrogen) atoms. The summed E-state index contributed by atoms with van der Waals surface area (Å²) >= 11 is 7.62. The van der Waals surface area contributed by atoms with Gasteiger partial charge in [-0.15, -0.1) is 22.6 Å². The van der Waals surface area contributed by atoms with Crippen molar-refractivity contribution in [2.75, 3.05) is 7.05 Å². The maximum atomic E-state index is 12.8. The number of halogens is 2. The molecular weight excluding hydrogens is 403 g/mol. The number of nitrogens with one attached hydrogen (secondary N) is 1. The number of piperidine rings is 1. The number of hydrogen-bond donors (Lipinski definition) is 1. The van der Waals surface area contributed by atoms with Gasteiger partial charge in [0, 0.05) is 30.1 Å². The van der Waals surface area contributed by atoms with Crippen LogP contribution in [0.5, 0.6) is 0 Å². The van der Waals surface area contributed by atoms with Crippen molar-refractivity contribution in [3.63, 3.8) is 0 Å². The van der Waals surface area contributed by atoms with Crippen LogP contribution in [0, 0.1) is 0 Å². The SMILES string of the molecule is CN(C(=O)c1ccc(Sc2ccccc2Cl)nn1)C1CC2CCC(C1)N2.Cl. The third-order valence-corrected chi connectivity index (χ3v) is 6.67. The average Bonchev–Trinajstić information content (AvgIpc) is 3.01. The second kappa shape index (κ2) is 8.78.